The lowest BCUT2D eigenvalue weighted by atomic mass is 10.2. The Balaban J connectivity index is 1.99. The van der Waals surface area contributed by atoms with Crippen LogP contribution in [0.15, 0.2) is 52.8 Å². The van der Waals surface area contributed by atoms with Gasteiger partial charge in [-0.05, 0) is 44.2 Å². The number of hydrogen-bond acceptors (Lipinski definition) is 4. The average Bonchev–Trinajstić information content (AvgIpc) is 3.03. The van der Waals surface area contributed by atoms with Crippen molar-refractivity contribution in [3.05, 3.63) is 86.1 Å². The van der Waals surface area contributed by atoms with Crippen LogP contribution in [-0.4, -0.2) is 14.5 Å². The molecule has 0 fully saturated rings. The van der Waals surface area contributed by atoms with Crippen LogP contribution in [0.5, 0.6) is 0 Å². The van der Waals surface area contributed by atoms with Crippen LogP contribution in [0.2, 0.25) is 0 Å². The van der Waals surface area contributed by atoms with Gasteiger partial charge in [-0.3, -0.25) is 14.3 Å². The molecule has 0 radical (unpaired) electrons. The first-order valence-electron chi connectivity index (χ1n) is 8.41. The molecule has 0 spiro atoms. The number of halogens is 1. The molecule has 3 heterocycles. The summed E-state index contributed by atoms with van der Waals surface area (Å²) in [6.07, 6.45) is 4.98. The largest absolute Gasteiger partial charge is 0.268 e. The molecule has 4 nitrogen and oxygen atoms in total. The van der Waals surface area contributed by atoms with E-state index in [2.05, 4.69) is 9.97 Å². The Morgan fingerprint density at radius 2 is 1.93 bits per heavy atom. The van der Waals surface area contributed by atoms with Crippen LogP contribution < -0.4 is 5.56 Å². The third-order valence-electron chi connectivity index (χ3n) is 4.37. The third-order valence-corrected chi connectivity index (χ3v) is 5.27. The van der Waals surface area contributed by atoms with Crippen molar-refractivity contribution in [3.8, 4) is 5.69 Å². The Bertz CT molecular complexity index is 1240. The SMILES string of the molecule is Cc1ncccc1-n1c(C=Cc2ccccc2F)nc2csc(C)c2c1=O. The van der Waals surface area contributed by atoms with E-state index < -0.39 is 0 Å². The molecular formula is C21H16FN3OS. The van der Waals surface area contributed by atoms with Gasteiger partial charge in [-0.1, -0.05) is 18.2 Å². The lowest BCUT2D eigenvalue weighted by Gasteiger charge is -2.12. The third kappa shape index (κ3) is 3.08. The van der Waals surface area contributed by atoms with Crippen molar-refractivity contribution in [3.63, 3.8) is 0 Å². The molecule has 0 atom stereocenters. The Kier molecular flexibility index (Phi) is 4.41. The molecular weight excluding hydrogens is 361 g/mol. The van der Waals surface area contributed by atoms with Crippen molar-refractivity contribution in [1.29, 1.82) is 0 Å². The highest BCUT2D eigenvalue weighted by Crippen LogP contribution is 2.23. The van der Waals surface area contributed by atoms with Gasteiger partial charge in [0.1, 0.15) is 11.6 Å². The maximum atomic E-state index is 14.0. The summed E-state index contributed by atoms with van der Waals surface area (Å²) in [5.74, 6) is 0.109. The Morgan fingerprint density at radius 1 is 1.11 bits per heavy atom. The zero-order valence-corrected chi connectivity index (χ0v) is 15.6. The monoisotopic (exact) mass is 377 g/mol. The summed E-state index contributed by atoms with van der Waals surface area (Å²) in [6, 6.07) is 10.1. The molecule has 0 bridgehead atoms. The minimum atomic E-state index is -0.326. The van der Waals surface area contributed by atoms with Gasteiger partial charge in [0, 0.05) is 22.0 Å². The molecule has 0 aliphatic rings. The zero-order chi connectivity index (χ0) is 19.0. The molecule has 134 valence electrons. The van der Waals surface area contributed by atoms with Crippen molar-refractivity contribution in [2.75, 3.05) is 0 Å². The number of nitrogens with zero attached hydrogens (tertiary/aromatic N) is 3. The fourth-order valence-corrected chi connectivity index (χ4v) is 3.77. The second-order valence-corrected chi connectivity index (χ2v) is 7.21. The zero-order valence-electron chi connectivity index (χ0n) is 14.8. The molecule has 0 N–H and O–H groups in total. The molecule has 0 unspecified atom stereocenters. The molecule has 0 amide bonds. The topological polar surface area (TPSA) is 47.8 Å². The van der Waals surface area contributed by atoms with E-state index in [0.717, 1.165) is 4.88 Å². The Morgan fingerprint density at radius 3 is 2.70 bits per heavy atom. The number of pyridine rings is 1. The van der Waals surface area contributed by atoms with Crippen LogP contribution in [0.1, 0.15) is 22.0 Å². The van der Waals surface area contributed by atoms with Crippen molar-refractivity contribution in [2.45, 2.75) is 13.8 Å². The van der Waals surface area contributed by atoms with Crippen LogP contribution in [-0.2, 0) is 0 Å². The fraction of sp³-hybridized carbons (Fsp3) is 0.0952. The van der Waals surface area contributed by atoms with Crippen molar-refractivity contribution in [2.24, 2.45) is 0 Å². The highest BCUT2D eigenvalue weighted by Gasteiger charge is 2.15. The van der Waals surface area contributed by atoms with Crippen LogP contribution in [0.25, 0.3) is 28.7 Å². The standard InChI is InChI=1S/C21H16FN3OS/c1-13-18(8-5-11-23-13)25-19(10-9-15-6-3-4-7-16(15)22)24-17-12-27-14(2)20(17)21(25)26/h3-12H,1-2H3. The highest BCUT2D eigenvalue weighted by molar-refractivity contribution is 7.11. The predicted octanol–water partition coefficient (Wildman–Crippen LogP) is 4.77. The molecule has 3 aromatic heterocycles. The first-order chi connectivity index (χ1) is 13.1. The molecule has 6 heteroatoms. The smallest absolute Gasteiger partial charge is 0.267 e. The maximum absolute atomic E-state index is 14.0. The fourth-order valence-electron chi connectivity index (χ4n) is 3.01. The summed E-state index contributed by atoms with van der Waals surface area (Å²) >= 11 is 1.49. The summed E-state index contributed by atoms with van der Waals surface area (Å²) in [6.45, 7) is 3.75. The number of thiophene rings is 1. The Labute approximate surface area is 159 Å². The van der Waals surface area contributed by atoms with Crippen molar-refractivity contribution in [1.82, 2.24) is 14.5 Å². The lowest BCUT2D eigenvalue weighted by Crippen LogP contribution is -2.23. The van der Waals surface area contributed by atoms with Crippen LogP contribution >= 0.6 is 11.3 Å². The van der Waals surface area contributed by atoms with E-state index in [1.807, 2.05) is 25.3 Å². The van der Waals surface area contributed by atoms with E-state index in [-0.39, 0.29) is 11.4 Å². The first kappa shape index (κ1) is 17.3. The van der Waals surface area contributed by atoms with Gasteiger partial charge in [-0.2, -0.15) is 0 Å². The van der Waals surface area contributed by atoms with E-state index in [4.69, 9.17) is 0 Å². The molecule has 4 aromatic rings. The van der Waals surface area contributed by atoms with Crippen LogP contribution in [0.4, 0.5) is 4.39 Å². The summed E-state index contributed by atoms with van der Waals surface area (Å²) in [7, 11) is 0. The molecule has 0 aliphatic heterocycles. The Hall–Kier alpha value is -3.12. The minimum Gasteiger partial charge on any atom is -0.268 e. The molecule has 0 saturated heterocycles. The highest BCUT2D eigenvalue weighted by atomic mass is 32.1. The van der Waals surface area contributed by atoms with Gasteiger partial charge < -0.3 is 0 Å². The molecule has 1 aromatic carbocycles. The van der Waals surface area contributed by atoms with Crippen molar-refractivity contribution < 1.29 is 4.39 Å². The minimum absolute atomic E-state index is 0.150. The second-order valence-electron chi connectivity index (χ2n) is 6.13. The quantitative estimate of drug-likeness (QED) is 0.517. The van der Waals surface area contributed by atoms with Gasteiger partial charge >= 0.3 is 0 Å². The van der Waals surface area contributed by atoms with E-state index in [1.165, 1.54) is 17.4 Å². The summed E-state index contributed by atoms with van der Waals surface area (Å²) < 4.78 is 15.5. The lowest BCUT2D eigenvalue weighted by molar-refractivity contribution is 0.625. The van der Waals surface area contributed by atoms with Gasteiger partial charge in [-0.15, -0.1) is 11.3 Å². The molecule has 0 saturated carbocycles. The summed E-state index contributed by atoms with van der Waals surface area (Å²) in [5, 5.41) is 2.47. The number of aryl methyl sites for hydroxylation is 2. The van der Waals surface area contributed by atoms with Gasteiger partial charge in [-0.25, -0.2) is 9.37 Å². The van der Waals surface area contributed by atoms with E-state index in [0.29, 0.717) is 33.7 Å². The van der Waals surface area contributed by atoms with Gasteiger partial charge in [0.25, 0.3) is 5.56 Å². The van der Waals surface area contributed by atoms with Gasteiger partial charge in [0.15, 0.2) is 0 Å². The van der Waals surface area contributed by atoms with Crippen LogP contribution in [0, 0.1) is 19.7 Å². The second kappa shape index (κ2) is 6.89. The number of rotatable bonds is 3. The van der Waals surface area contributed by atoms with Crippen molar-refractivity contribution >= 4 is 34.4 Å². The number of benzene rings is 1. The number of aromatic nitrogens is 3. The number of hydrogen-bond donors (Lipinski definition) is 0. The van der Waals surface area contributed by atoms with E-state index in [1.54, 1.807) is 47.2 Å². The van der Waals surface area contributed by atoms with Gasteiger partial charge in [0.05, 0.1) is 22.3 Å². The van der Waals surface area contributed by atoms with Gasteiger partial charge in [0.2, 0.25) is 0 Å². The van der Waals surface area contributed by atoms with E-state index in [9.17, 15) is 9.18 Å². The van der Waals surface area contributed by atoms with E-state index >= 15 is 0 Å². The van der Waals surface area contributed by atoms with Crippen LogP contribution in [0.3, 0.4) is 0 Å². The maximum Gasteiger partial charge on any atom is 0.267 e. The normalized spacial score (nSPS) is 11.5. The number of fused-ring (bicyclic) bond motifs is 1. The first-order valence-corrected chi connectivity index (χ1v) is 9.29. The molecule has 27 heavy (non-hydrogen) atoms. The predicted molar refractivity (Wildman–Crippen MR) is 108 cm³/mol. The average molecular weight is 377 g/mol. The molecule has 0 aliphatic carbocycles. The summed E-state index contributed by atoms with van der Waals surface area (Å²) in [4.78, 5) is 23.1. The summed E-state index contributed by atoms with van der Waals surface area (Å²) in [5.41, 5.74) is 2.31. The molecule has 4 rings (SSSR count).